The van der Waals surface area contributed by atoms with Crippen molar-refractivity contribution < 1.29 is 8.81 Å². The monoisotopic (exact) mass is 507 g/mol. The van der Waals surface area contributed by atoms with E-state index in [1.807, 2.05) is 25.2 Å². The summed E-state index contributed by atoms with van der Waals surface area (Å²) in [6.07, 6.45) is 8.10. The van der Waals surface area contributed by atoms with Crippen molar-refractivity contribution in [3.05, 3.63) is 77.9 Å². The van der Waals surface area contributed by atoms with E-state index in [1.165, 1.54) is 55.4 Å². The normalized spacial score (nSPS) is 15.7. The minimum Gasteiger partial charge on any atom is -0.436 e. The molecule has 2 heterocycles. The molecule has 2 aliphatic rings. The highest BCUT2D eigenvalue weighted by molar-refractivity contribution is 5.84. The molecule has 0 bridgehead atoms. The second kappa shape index (κ2) is 9.48. The second-order valence-electron chi connectivity index (χ2n) is 10.8. The van der Waals surface area contributed by atoms with Crippen LogP contribution in [0.15, 0.2) is 65.3 Å². The molecule has 6 nitrogen and oxygen atoms in total. The first-order chi connectivity index (χ1) is 18.6. The Labute approximate surface area is 220 Å². The first-order valence-electron chi connectivity index (χ1n) is 13.5. The van der Waals surface area contributed by atoms with Gasteiger partial charge in [-0.25, -0.2) is 9.37 Å². The van der Waals surface area contributed by atoms with Crippen LogP contribution in [0.5, 0.6) is 0 Å². The van der Waals surface area contributed by atoms with Crippen molar-refractivity contribution in [1.29, 1.82) is 0 Å². The van der Waals surface area contributed by atoms with Crippen LogP contribution in [-0.4, -0.2) is 26.3 Å². The number of nitrogens with zero attached hydrogens (tertiary/aromatic N) is 4. The average molecular weight is 508 g/mol. The summed E-state index contributed by atoms with van der Waals surface area (Å²) in [7, 11) is 1.85. The quantitative estimate of drug-likeness (QED) is 0.248. The number of benzene rings is 3. The van der Waals surface area contributed by atoms with Gasteiger partial charge >= 0.3 is 0 Å². The third kappa shape index (κ3) is 4.41. The van der Waals surface area contributed by atoms with E-state index in [1.54, 1.807) is 17.0 Å². The van der Waals surface area contributed by atoms with Crippen LogP contribution in [0.4, 0.5) is 4.39 Å². The van der Waals surface area contributed by atoms with Gasteiger partial charge in [0, 0.05) is 30.3 Å². The van der Waals surface area contributed by atoms with E-state index in [-0.39, 0.29) is 5.82 Å². The third-order valence-corrected chi connectivity index (χ3v) is 7.94. The summed E-state index contributed by atoms with van der Waals surface area (Å²) in [4.78, 5) is 4.94. The van der Waals surface area contributed by atoms with Gasteiger partial charge in [0.25, 0.3) is 0 Å². The Morgan fingerprint density at radius 1 is 1.00 bits per heavy atom. The van der Waals surface area contributed by atoms with Gasteiger partial charge in [-0.15, -0.1) is 10.2 Å². The lowest BCUT2D eigenvalue weighted by molar-refractivity contribution is 0.301. The highest BCUT2D eigenvalue weighted by atomic mass is 19.1. The maximum Gasteiger partial charge on any atom is 0.227 e. The summed E-state index contributed by atoms with van der Waals surface area (Å²) in [5.74, 6) is 2.30. The Bertz CT molecular complexity index is 1630. The van der Waals surface area contributed by atoms with Gasteiger partial charge in [-0.2, -0.15) is 0 Å². The SMILES string of the molecule is Cn1cnnc1-c1cc(F)ccc1-c1cccc(-c2nc3cc(CNCC4CCC4)cc(C4CC4)c3o2)c1. The Kier molecular flexibility index (Phi) is 5.81. The van der Waals surface area contributed by atoms with E-state index < -0.39 is 0 Å². The molecule has 2 fully saturated rings. The van der Waals surface area contributed by atoms with Gasteiger partial charge in [0.15, 0.2) is 11.4 Å². The van der Waals surface area contributed by atoms with Crippen LogP contribution in [0, 0.1) is 11.7 Å². The molecule has 0 spiro atoms. The average Bonchev–Trinajstić information content (AvgIpc) is 3.51. The molecule has 0 amide bonds. The minimum atomic E-state index is -0.313. The molecule has 192 valence electrons. The first kappa shape index (κ1) is 23.3. The van der Waals surface area contributed by atoms with Crippen LogP contribution in [0.3, 0.4) is 0 Å². The van der Waals surface area contributed by atoms with Gasteiger partial charge in [-0.3, -0.25) is 0 Å². The number of nitrogens with one attached hydrogen (secondary N) is 1. The molecule has 0 radical (unpaired) electrons. The highest BCUT2D eigenvalue weighted by Gasteiger charge is 2.28. The number of aromatic nitrogens is 4. The molecule has 0 unspecified atom stereocenters. The molecule has 38 heavy (non-hydrogen) atoms. The largest absolute Gasteiger partial charge is 0.436 e. The van der Waals surface area contributed by atoms with Crippen LogP contribution >= 0.6 is 0 Å². The van der Waals surface area contributed by atoms with Crippen molar-refractivity contribution >= 4 is 11.1 Å². The second-order valence-corrected chi connectivity index (χ2v) is 10.8. The van der Waals surface area contributed by atoms with Crippen molar-refractivity contribution in [2.45, 2.75) is 44.6 Å². The van der Waals surface area contributed by atoms with Gasteiger partial charge in [-0.1, -0.05) is 30.7 Å². The molecule has 3 aromatic carbocycles. The van der Waals surface area contributed by atoms with E-state index in [9.17, 15) is 4.39 Å². The molecule has 0 saturated heterocycles. The molecule has 2 aromatic heterocycles. The maximum absolute atomic E-state index is 14.2. The lowest BCUT2D eigenvalue weighted by atomic mass is 9.85. The van der Waals surface area contributed by atoms with E-state index in [0.29, 0.717) is 23.2 Å². The van der Waals surface area contributed by atoms with Crippen molar-refractivity contribution in [2.75, 3.05) is 6.54 Å². The predicted octanol–water partition coefficient (Wildman–Crippen LogP) is 6.86. The fourth-order valence-corrected chi connectivity index (χ4v) is 5.46. The predicted molar refractivity (Wildman–Crippen MR) is 146 cm³/mol. The summed E-state index contributed by atoms with van der Waals surface area (Å²) in [6.45, 7) is 1.95. The number of oxazole rings is 1. The van der Waals surface area contributed by atoms with Crippen LogP contribution < -0.4 is 5.32 Å². The molecule has 5 aromatic rings. The Morgan fingerprint density at radius 3 is 2.63 bits per heavy atom. The number of fused-ring (bicyclic) bond motifs is 1. The summed E-state index contributed by atoms with van der Waals surface area (Å²) in [5, 5.41) is 11.8. The van der Waals surface area contributed by atoms with Gasteiger partial charge in [0.2, 0.25) is 5.89 Å². The number of hydrogen-bond acceptors (Lipinski definition) is 5. The zero-order valence-electron chi connectivity index (χ0n) is 21.5. The zero-order chi connectivity index (χ0) is 25.6. The molecular weight excluding hydrogens is 477 g/mol. The molecule has 0 aliphatic heterocycles. The van der Waals surface area contributed by atoms with Crippen molar-refractivity contribution in [2.24, 2.45) is 13.0 Å². The van der Waals surface area contributed by atoms with E-state index in [4.69, 9.17) is 9.40 Å². The third-order valence-electron chi connectivity index (χ3n) is 7.94. The van der Waals surface area contributed by atoms with E-state index >= 15 is 0 Å². The summed E-state index contributed by atoms with van der Waals surface area (Å²) >= 11 is 0. The van der Waals surface area contributed by atoms with Crippen LogP contribution in [-0.2, 0) is 13.6 Å². The molecule has 7 rings (SSSR count). The molecule has 7 heteroatoms. The van der Waals surface area contributed by atoms with Crippen LogP contribution in [0.25, 0.3) is 45.1 Å². The van der Waals surface area contributed by atoms with Gasteiger partial charge in [0.1, 0.15) is 17.7 Å². The molecule has 0 atom stereocenters. The number of rotatable bonds is 8. The van der Waals surface area contributed by atoms with Crippen LogP contribution in [0.1, 0.15) is 49.1 Å². The summed E-state index contributed by atoms with van der Waals surface area (Å²) in [6, 6.07) is 17.3. The summed E-state index contributed by atoms with van der Waals surface area (Å²) in [5.41, 5.74) is 7.75. The highest BCUT2D eigenvalue weighted by Crippen LogP contribution is 2.44. The summed E-state index contributed by atoms with van der Waals surface area (Å²) < 4.78 is 22.5. The fraction of sp³-hybridized carbons (Fsp3) is 0.323. The lowest BCUT2D eigenvalue weighted by Crippen LogP contribution is -2.26. The smallest absolute Gasteiger partial charge is 0.227 e. The van der Waals surface area contributed by atoms with Gasteiger partial charge in [-0.05, 0) is 91.1 Å². The Morgan fingerprint density at radius 2 is 1.87 bits per heavy atom. The van der Waals surface area contributed by atoms with Crippen molar-refractivity contribution in [1.82, 2.24) is 25.1 Å². The van der Waals surface area contributed by atoms with Crippen molar-refractivity contribution in [3.8, 4) is 34.0 Å². The number of hydrogen-bond donors (Lipinski definition) is 1. The minimum absolute atomic E-state index is 0.313. The number of halogens is 1. The zero-order valence-corrected chi connectivity index (χ0v) is 21.5. The Balaban J connectivity index is 1.24. The van der Waals surface area contributed by atoms with Gasteiger partial charge in [0.05, 0.1) is 0 Å². The van der Waals surface area contributed by atoms with Crippen molar-refractivity contribution in [3.63, 3.8) is 0 Å². The standard InChI is InChI=1S/C31H30FN5O/c1-37-18-34-36-30(37)27-15-24(32)10-11-25(27)22-6-3-7-23(14-22)31-35-28-13-20(17-33-16-19-4-2-5-19)12-26(21-8-9-21)29(28)38-31/h3,6-7,10-15,18-19,21,33H,2,4-5,8-9,16-17H2,1H3. The molecule has 2 saturated carbocycles. The molecule has 2 aliphatic carbocycles. The first-order valence-corrected chi connectivity index (χ1v) is 13.5. The van der Waals surface area contributed by atoms with E-state index in [2.05, 4.69) is 33.7 Å². The lowest BCUT2D eigenvalue weighted by Gasteiger charge is -2.25. The molecule has 1 N–H and O–H groups in total. The number of aryl methyl sites for hydroxylation is 1. The van der Waals surface area contributed by atoms with Crippen LogP contribution in [0.2, 0.25) is 0 Å². The van der Waals surface area contributed by atoms with Gasteiger partial charge < -0.3 is 14.3 Å². The van der Waals surface area contributed by atoms with E-state index in [0.717, 1.165) is 46.8 Å². The Hall–Kier alpha value is -3.84. The fourth-order valence-electron chi connectivity index (χ4n) is 5.46. The topological polar surface area (TPSA) is 68.8 Å². The molecular formula is C31H30FN5O. The maximum atomic E-state index is 14.2.